The number of aliphatic imine (C=N–C) groups is 1. The Balaban J connectivity index is 1.87. The van der Waals surface area contributed by atoms with Gasteiger partial charge in [-0.25, -0.2) is 18.0 Å². The van der Waals surface area contributed by atoms with E-state index in [1.807, 2.05) is 0 Å². The van der Waals surface area contributed by atoms with Gasteiger partial charge >= 0.3 is 11.9 Å². The third kappa shape index (κ3) is 4.96. The number of thioether (sulfide) groups is 1. The molecular weight excluding hydrogens is 530 g/mol. The number of nitriles is 1. The van der Waals surface area contributed by atoms with Crippen LogP contribution in [0.4, 0.5) is 5.69 Å². The molecule has 11 nitrogen and oxygen atoms in total. The van der Waals surface area contributed by atoms with Crippen LogP contribution in [0.3, 0.4) is 0 Å². The zero-order valence-corrected chi connectivity index (χ0v) is 22.0. The second-order valence-corrected chi connectivity index (χ2v) is 10.7. The second-order valence-electron chi connectivity index (χ2n) is 7.97. The second kappa shape index (κ2) is 11.0. The standard InChI is InChI=1S/C25H23N5O6S2/c1-35-23(31)20-19(15-6-4-3-5-7-15)18(14-26)22(27)30(21(20)24(32)36-2)16-8-10-17(11-9-16)38(33,34)29-25-28-12-13-37-25/h3-11,19H,12-13,27H2,1-2H3,(H,28,29). The van der Waals surface area contributed by atoms with Crippen molar-refractivity contribution in [2.24, 2.45) is 10.7 Å². The molecule has 2 aliphatic heterocycles. The molecule has 2 aliphatic rings. The van der Waals surface area contributed by atoms with Gasteiger partial charge in [-0.3, -0.25) is 14.6 Å². The van der Waals surface area contributed by atoms with Gasteiger partial charge in [0.2, 0.25) is 0 Å². The number of nitrogens with zero attached hydrogens (tertiary/aromatic N) is 3. The normalized spacial score (nSPS) is 17.6. The third-order valence-electron chi connectivity index (χ3n) is 5.82. The van der Waals surface area contributed by atoms with Gasteiger partial charge in [0.25, 0.3) is 10.0 Å². The molecule has 13 heteroatoms. The average molecular weight is 554 g/mol. The van der Waals surface area contributed by atoms with Crippen molar-refractivity contribution < 1.29 is 27.5 Å². The lowest BCUT2D eigenvalue weighted by Crippen LogP contribution is -2.40. The van der Waals surface area contributed by atoms with E-state index in [-0.39, 0.29) is 33.2 Å². The maximum Gasteiger partial charge on any atom is 0.355 e. The predicted molar refractivity (Wildman–Crippen MR) is 141 cm³/mol. The van der Waals surface area contributed by atoms with Crippen molar-refractivity contribution in [2.45, 2.75) is 10.8 Å². The Morgan fingerprint density at radius 2 is 1.76 bits per heavy atom. The number of esters is 2. The molecule has 0 fully saturated rings. The fraction of sp³-hybridized carbons (Fsp3) is 0.200. The molecule has 2 aromatic carbocycles. The Hall–Kier alpha value is -4.28. The molecule has 0 aromatic heterocycles. The molecule has 0 amide bonds. The van der Waals surface area contributed by atoms with E-state index in [1.165, 1.54) is 40.9 Å². The van der Waals surface area contributed by atoms with Crippen LogP contribution in [0.1, 0.15) is 11.5 Å². The number of nitrogens with two attached hydrogens (primary N) is 1. The van der Waals surface area contributed by atoms with Gasteiger partial charge in [0, 0.05) is 11.4 Å². The number of methoxy groups -OCH3 is 2. The summed E-state index contributed by atoms with van der Waals surface area (Å²) in [6.45, 7) is 0.526. The van der Waals surface area contributed by atoms with Gasteiger partial charge in [-0.05, 0) is 29.8 Å². The van der Waals surface area contributed by atoms with Gasteiger partial charge in [0.15, 0.2) is 5.17 Å². The number of ether oxygens (including phenoxy) is 2. The lowest BCUT2D eigenvalue weighted by molar-refractivity contribution is -0.139. The average Bonchev–Trinajstić information content (AvgIpc) is 3.44. The smallest absolute Gasteiger partial charge is 0.355 e. The number of hydrogen-bond acceptors (Lipinski definition) is 11. The Bertz CT molecular complexity index is 1510. The molecule has 38 heavy (non-hydrogen) atoms. The number of nitrogens with one attached hydrogen (secondary N) is 1. The zero-order valence-electron chi connectivity index (χ0n) is 20.4. The largest absolute Gasteiger partial charge is 0.466 e. The van der Waals surface area contributed by atoms with Crippen molar-refractivity contribution in [3.63, 3.8) is 0 Å². The summed E-state index contributed by atoms with van der Waals surface area (Å²) >= 11 is 1.30. The molecule has 0 aliphatic carbocycles. The summed E-state index contributed by atoms with van der Waals surface area (Å²) in [6.07, 6.45) is 0. The van der Waals surface area contributed by atoms with Crippen LogP contribution < -0.4 is 15.4 Å². The first-order valence-corrected chi connectivity index (χ1v) is 13.7. The van der Waals surface area contributed by atoms with Gasteiger partial charge in [-0.1, -0.05) is 42.1 Å². The highest BCUT2D eigenvalue weighted by molar-refractivity contribution is 8.15. The molecule has 1 atom stereocenters. The van der Waals surface area contributed by atoms with Crippen molar-refractivity contribution >= 4 is 44.6 Å². The van der Waals surface area contributed by atoms with Crippen LogP contribution in [-0.2, 0) is 29.1 Å². The number of anilines is 1. The highest BCUT2D eigenvalue weighted by Crippen LogP contribution is 2.43. The zero-order chi connectivity index (χ0) is 27.4. The number of benzene rings is 2. The van der Waals surface area contributed by atoms with E-state index in [1.54, 1.807) is 30.3 Å². The van der Waals surface area contributed by atoms with Gasteiger partial charge in [-0.15, -0.1) is 0 Å². The van der Waals surface area contributed by atoms with Crippen LogP contribution in [0.2, 0.25) is 0 Å². The molecule has 196 valence electrons. The van der Waals surface area contributed by atoms with Gasteiger partial charge < -0.3 is 15.2 Å². The number of carbonyl (C=O) groups excluding carboxylic acids is 2. The molecule has 3 N–H and O–H groups in total. The number of allylic oxidation sites excluding steroid dienone is 1. The summed E-state index contributed by atoms with van der Waals surface area (Å²) in [5.74, 6) is -2.20. The van der Waals surface area contributed by atoms with Crippen LogP contribution in [0.15, 0.2) is 87.1 Å². The monoisotopic (exact) mass is 553 g/mol. The lowest BCUT2D eigenvalue weighted by atomic mass is 9.81. The number of rotatable bonds is 6. The molecular formula is C25H23N5O6S2. The summed E-state index contributed by atoms with van der Waals surface area (Å²) in [4.78, 5) is 31.4. The number of hydrogen-bond donors (Lipinski definition) is 2. The minimum atomic E-state index is -3.92. The highest BCUT2D eigenvalue weighted by Gasteiger charge is 2.43. The van der Waals surface area contributed by atoms with E-state index in [2.05, 4.69) is 15.8 Å². The van der Waals surface area contributed by atoms with E-state index in [0.29, 0.717) is 23.0 Å². The fourth-order valence-electron chi connectivity index (χ4n) is 4.13. The minimum Gasteiger partial charge on any atom is -0.466 e. The van der Waals surface area contributed by atoms with Crippen molar-refractivity contribution in [3.8, 4) is 6.07 Å². The maximum atomic E-state index is 13.1. The third-order valence-corrected chi connectivity index (χ3v) is 8.20. The van der Waals surface area contributed by atoms with Gasteiger partial charge in [0.05, 0.1) is 48.8 Å². The van der Waals surface area contributed by atoms with E-state index in [4.69, 9.17) is 15.2 Å². The molecule has 2 heterocycles. The van der Waals surface area contributed by atoms with Crippen molar-refractivity contribution in [2.75, 3.05) is 31.4 Å². The number of sulfonamides is 1. The highest BCUT2D eigenvalue weighted by atomic mass is 32.2. The topological polar surface area (TPSA) is 164 Å². The van der Waals surface area contributed by atoms with Crippen LogP contribution in [0.25, 0.3) is 0 Å². The van der Waals surface area contributed by atoms with Gasteiger partial charge in [-0.2, -0.15) is 5.26 Å². The first-order chi connectivity index (χ1) is 18.2. The van der Waals surface area contributed by atoms with E-state index in [0.717, 1.165) is 14.2 Å². The molecule has 1 unspecified atom stereocenters. The summed E-state index contributed by atoms with van der Waals surface area (Å²) in [6, 6.07) is 16.1. The van der Waals surface area contributed by atoms with E-state index < -0.39 is 27.9 Å². The van der Waals surface area contributed by atoms with E-state index in [9.17, 15) is 23.3 Å². The van der Waals surface area contributed by atoms with Crippen LogP contribution in [0, 0.1) is 11.3 Å². The van der Waals surface area contributed by atoms with Crippen molar-refractivity contribution in [3.05, 3.63) is 82.8 Å². The molecule has 0 spiro atoms. The molecule has 0 saturated heterocycles. The number of carbonyl (C=O) groups is 2. The van der Waals surface area contributed by atoms with Gasteiger partial charge in [0.1, 0.15) is 11.5 Å². The Morgan fingerprint density at radius 1 is 1.11 bits per heavy atom. The van der Waals surface area contributed by atoms with Crippen LogP contribution in [0.5, 0.6) is 0 Å². The SMILES string of the molecule is COC(=O)C1=C(C(=O)OC)N(c2ccc(S(=O)(=O)NC3=NCCS3)cc2)C(N)=C(C#N)C1c1ccccc1. The maximum absolute atomic E-state index is 13.1. The first-order valence-electron chi connectivity index (χ1n) is 11.2. The van der Waals surface area contributed by atoms with Crippen molar-refractivity contribution in [1.29, 1.82) is 5.26 Å². The van der Waals surface area contributed by atoms with Crippen LogP contribution >= 0.6 is 11.8 Å². The molecule has 2 aromatic rings. The fourth-order valence-corrected chi connectivity index (χ4v) is 6.16. The summed E-state index contributed by atoms with van der Waals surface area (Å²) < 4.78 is 38.0. The molecule has 0 bridgehead atoms. The molecule has 0 saturated carbocycles. The predicted octanol–water partition coefficient (Wildman–Crippen LogP) is 1.97. The Labute approximate surface area is 223 Å². The van der Waals surface area contributed by atoms with Crippen LogP contribution in [-0.4, -0.2) is 52.0 Å². The Morgan fingerprint density at radius 3 is 2.32 bits per heavy atom. The quantitative estimate of drug-likeness (QED) is 0.505. The summed E-state index contributed by atoms with van der Waals surface area (Å²) in [5, 5.41) is 10.4. The van der Waals surface area contributed by atoms with Crippen molar-refractivity contribution in [1.82, 2.24) is 4.72 Å². The molecule has 0 radical (unpaired) electrons. The lowest BCUT2D eigenvalue weighted by Gasteiger charge is -2.35. The summed E-state index contributed by atoms with van der Waals surface area (Å²) in [7, 11) is -1.62. The first kappa shape index (κ1) is 26.8. The van der Waals surface area contributed by atoms with E-state index >= 15 is 0 Å². The molecule has 4 rings (SSSR count). The number of amidine groups is 1. The Kier molecular flexibility index (Phi) is 7.75. The minimum absolute atomic E-state index is 0.00103. The summed E-state index contributed by atoms with van der Waals surface area (Å²) in [5.41, 5.74) is 6.80.